The maximum absolute atomic E-state index is 5.90. The number of nitrogens with one attached hydrogen (secondary N) is 1. The summed E-state index contributed by atoms with van der Waals surface area (Å²) in [4.78, 5) is 0. The lowest BCUT2D eigenvalue weighted by Crippen LogP contribution is -2.49. The molecule has 16 heavy (non-hydrogen) atoms. The minimum absolute atomic E-state index is 0.0118. The average molecular weight is 285 g/mol. The van der Waals surface area contributed by atoms with Crippen LogP contribution in [-0.2, 0) is 4.74 Å². The van der Waals surface area contributed by atoms with Gasteiger partial charge in [0, 0.05) is 29.9 Å². The molecule has 4 heteroatoms. The smallest absolute Gasteiger partial charge is 0.0539 e. The van der Waals surface area contributed by atoms with Gasteiger partial charge in [-0.1, -0.05) is 12.1 Å². The van der Waals surface area contributed by atoms with Crippen LogP contribution in [0.1, 0.15) is 12.8 Å². The Morgan fingerprint density at radius 3 is 2.62 bits per heavy atom. The van der Waals surface area contributed by atoms with Crippen LogP contribution < -0.4 is 11.1 Å². The predicted molar refractivity (Wildman–Crippen MR) is 69.6 cm³/mol. The third kappa shape index (κ3) is 2.56. The van der Waals surface area contributed by atoms with Crippen LogP contribution in [0.3, 0.4) is 0 Å². The number of para-hydroxylation sites is 1. The zero-order valence-electron chi connectivity index (χ0n) is 9.21. The van der Waals surface area contributed by atoms with E-state index >= 15 is 0 Å². The summed E-state index contributed by atoms with van der Waals surface area (Å²) in [5.74, 6) is 0. The first-order valence-corrected chi connectivity index (χ1v) is 6.36. The van der Waals surface area contributed by atoms with Crippen LogP contribution in [0.5, 0.6) is 0 Å². The molecule has 1 aliphatic rings. The third-order valence-electron chi connectivity index (χ3n) is 3.11. The lowest BCUT2D eigenvalue weighted by atomic mass is 9.90. The molecule has 0 aliphatic carbocycles. The predicted octanol–water partition coefficient (Wildman–Crippen LogP) is 2.37. The van der Waals surface area contributed by atoms with E-state index in [2.05, 4.69) is 27.3 Å². The Hall–Kier alpha value is -0.580. The molecule has 1 saturated heterocycles. The molecule has 0 radical (unpaired) electrons. The molecular weight excluding hydrogens is 268 g/mol. The van der Waals surface area contributed by atoms with Crippen molar-refractivity contribution in [1.29, 1.82) is 0 Å². The van der Waals surface area contributed by atoms with Gasteiger partial charge in [0.2, 0.25) is 0 Å². The second kappa shape index (κ2) is 5.17. The number of benzene rings is 1. The highest BCUT2D eigenvalue weighted by molar-refractivity contribution is 9.10. The van der Waals surface area contributed by atoms with Crippen LogP contribution >= 0.6 is 15.9 Å². The van der Waals surface area contributed by atoms with E-state index in [4.69, 9.17) is 10.5 Å². The maximum Gasteiger partial charge on any atom is 0.0539 e. The van der Waals surface area contributed by atoms with Crippen LogP contribution in [0.25, 0.3) is 0 Å². The Kier molecular flexibility index (Phi) is 3.84. The Morgan fingerprint density at radius 2 is 2.00 bits per heavy atom. The van der Waals surface area contributed by atoms with Crippen molar-refractivity contribution in [2.45, 2.75) is 18.4 Å². The molecule has 1 aliphatic heterocycles. The van der Waals surface area contributed by atoms with E-state index in [-0.39, 0.29) is 5.54 Å². The van der Waals surface area contributed by atoms with Crippen molar-refractivity contribution >= 4 is 21.6 Å². The fourth-order valence-corrected chi connectivity index (χ4v) is 2.37. The first-order valence-electron chi connectivity index (χ1n) is 5.56. The van der Waals surface area contributed by atoms with Crippen LogP contribution in [0.15, 0.2) is 28.7 Å². The number of hydrogen-bond donors (Lipinski definition) is 2. The fourth-order valence-electron chi connectivity index (χ4n) is 1.99. The second-order valence-corrected chi connectivity index (χ2v) is 5.06. The van der Waals surface area contributed by atoms with Crippen molar-refractivity contribution in [3.8, 4) is 0 Å². The van der Waals surface area contributed by atoms with Crippen molar-refractivity contribution in [2.24, 2.45) is 5.73 Å². The monoisotopic (exact) mass is 284 g/mol. The van der Waals surface area contributed by atoms with Gasteiger partial charge < -0.3 is 15.8 Å². The van der Waals surface area contributed by atoms with Gasteiger partial charge in [0.15, 0.2) is 0 Å². The molecule has 1 aromatic carbocycles. The molecule has 0 spiro atoms. The van der Waals surface area contributed by atoms with Gasteiger partial charge in [-0.2, -0.15) is 0 Å². The van der Waals surface area contributed by atoms with Crippen LogP contribution in [0.2, 0.25) is 0 Å². The number of ether oxygens (including phenoxy) is 1. The highest BCUT2D eigenvalue weighted by Crippen LogP contribution is 2.29. The van der Waals surface area contributed by atoms with Crippen molar-refractivity contribution in [3.05, 3.63) is 28.7 Å². The zero-order chi connectivity index (χ0) is 11.4. The number of halogens is 1. The average Bonchev–Trinajstić information content (AvgIpc) is 2.33. The standard InChI is InChI=1S/C12H17BrN2O/c13-10-3-1-2-4-11(10)15-12(9-14)5-7-16-8-6-12/h1-4,15H,5-9,14H2. The normalized spacial score (nSPS) is 19.4. The molecule has 0 aromatic heterocycles. The SMILES string of the molecule is NCC1(Nc2ccccc2Br)CCOCC1. The summed E-state index contributed by atoms with van der Waals surface area (Å²) in [5.41, 5.74) is 7.00. The maximum atomic E-state index is 5.90. The minimum Gasteiger partial charge on any atom is -0.381 e. The summed E-state index contributed by atoms with van der Waals surface area (Å²) in [7, 11) is 0. The summed E-state index contributed by atoms with van der Waals surface area (Å²) < 4.78 is 6.47. The molecule has 0 unspecified atom stereocenters. The fraction of sp³-hybridized carbons (Fsp3) is 0.500. The third-order valence-corrected chi connectivity index (χ3v) is 3.81. The lowest BCUT2D eigenvalue weighted by molar-refractivity contribution is 0.0628. The van der Waals surface area contributed by atoms with Gasteiger partial charge in [-0.05, 0) is 40.9 Å². The molecule has 88 valence electrons. The van der Waals surface area contributed by atoms with Gasteiger partial charge in [-0.25, -0.2) is 0 Å². The van der Waals surface area contributed by atoms with E-state index in [1.165, 1.54) is 0 Å². The first kappa shape index (κ1) is 11.9. The molecular formula is C12H17BrN2O. The van der Waals surface area contributed by atoms with Crippen LogP contribution in [-0.4, -0.2) is 25.3 Å². The van der Waals surface area contributed by atoms with Crippen molar-refractivity contribution in [1.82, 2.24) is 0 Å². The second-order valence-electron chi connectivity index (χ2n) is 4.20. The van der Waals surface area contributed by atoms with E-state index in [1.54, 1.807) is 0 Å². The number of hydrogen-bond acceptors (Lipinski definition) is 3. The Morgan fingerprint density at radius 1 is 1.31 bits per heavy atom. The van der Waals surface area contributed by atoms with Crippen molar-refractivity contribution < 1.29 is 4.74 Å². The van der Waals surface area contributed by atoms with E-state index in [1.807, 2.05) is 18.2 Å². The highest BCUT2D eigenvalue weighted by atomic mass is 79.9. The summed E-state index contributed by atoms with van der Waals surface area (Å²) in [6.07, 6.45) is 1.93. The van der Waals surface area contributed by atoms with Crippen LogP contribution in [0, 0.1) is 0 Å². The Balaban J connectivity index is 2.15. The molecule has 2 rings (SSSR count). The summed E-state index contributed by atoms with van der Waals surface area (Å²) in [6, 6.07) is 8.13. The van der Waals surface area contributed by atoms with Gasteiger partial charge in [-0.3, -0.25) is 0 Å². The van der Waals surface area contributed by atoms with E-state index in [0.29, 0.717) is 6.54 Å². The van der Waals surface area contributed by atoms with Gasteiger partial charge >= 0.3 is 0 Å². The van der Waals surface area contributed by atoms with Crippen molar-refractivity contribution in [3.63, 3.8) is 0 Å². The topological polar surface area (TPSA) is 47.3 Å². The number of rotatable bonds is 3. The molecule has 0 bridgehead atoms. The zero-order valence-corrected chi connectivity index (χ0v) is 10.8. The molecule has 0 saturated carbocycles. The largest absolute Gasteiger partial charge is 0.381 e. The molecule has 3 nitrogen and oxygen atoms in total. The summed E-state index contributed by atoms with van der Waals surface area (Å²) in [5, 5.41) is 3.56. The molecule has 1 aromatic rings. The molecule has 3 N–H and O–H groups in total. The molecule has 0 amide bonds. The van der Waals surface area contributed by atoms with Gasteiger partial charge in [0.1, 0.15) is 0 Å². The Bertz CT molecular complexity index is 351. The first-order chi connectivity index (χ1) is 7.76. The lowest BCUT2D eigenvalue weighted by Gasteiger charge is -2.38. The Labute approximate surface area is 104 Å². The van der Waals surface area contributed by atoms with E-state index in [9.17, 15) is 0 Å². The van der Waals surface area contributed by atoms with Crippen LogP contribution in [0.4, 0.5) is 5.69 Å². The highest BCUT2D eigenvalue weighted by Gasteiger charge is 2.31. The minimum atomic E-state index is -0.0118. The van der Waals surface area contributed by atoms with E-state index < -0.39 is 0 Å². The van der Waals surface area contributed by atoms with E-state index in [0.717, 1.165) is 36.2 Å². The molecule has 1 heterocycles. The molecule has 0 atom stereocenters. The summed E-state index contributed by atoms with van der Waals surface area (Å²) >= 11 is 3.54. The van der Waals surface area contributed by atoms with Crippen molar-refractivity contribution in [2.75, 3.05) is 25.1 Å². The van der Waals surface area contributed by atoms with Gasteiger partial charge in [-0.15, -0.1) is 0 Å². The number of nitrogens with two attached hydrogens (primary N) is 1. The van der Waals surface area contributed by atoms with Gasteiger partial charge in [0.05, 0.1) is 5.54 Å². The summed E-state index contributed by atoms with van der Waals surface area (Å²) in [6.45, 7) is 2.21. The number of anilines is 1. The molecule has 1 fully saturated rings. The quantitative estimate of drug-likeness (QED) is 0.896. The van der Waals surface area contributed by atoms with Gasteiger partial charge in [0.25, 0.3) is 0 Å².